The van der Waals surface area contributed by atoms with Crippen LogP contribution in [-0.2, 0) is 0 Å². The summed E-state index contributed by atoms with van der Waals surface area (Å²) in [5.74, 6) is 1.25. The molecule has 18 heavy (non-hydrogen) atoms. The van der Waals surface area contributed by atoms with E-state index in [4.69, 9.17) is 5.73 Å². The van der Waals surface area contributed by atoms with Crippen LogP contribution in [-0.4, -0.2) is 29.3 Å². The van der Waals surface area contributed by atoms with Crippen LogP contribution in [0.25, 0.3) is 0 Å². The number of nitrogens with two attached hydrogens (primary N) is 1. The SMILES string of the molecule is CC1CCC(O)(CN=C(N)NC2CCCC2)CC1. The van der Waals surface area contributed by atoms with E-state index in [1.54, 1.807) is 0 Å². The molecule has 2 rings (SSSR count). The lowest BCUT2D eigenvalue weighted by atomic mass is 9.80. The molecule has 4 N–H and O–H groups in total. The topological polar surface area (TPSA) is 70.6 Å². The summed E-state index contributed by atoms with van der Waals surface area (Å²) in [5, 5.41) is 13.7. The normalized spacial score (nSPS) is 34.8. The van der Waals surface area contributed by atoms with Gasteiger partial charge in [-0.05, 0) is 44.4 Å². The number of hydrogen-bond acceptors (Lipinski definition) is 2. The third-order valence-electron chi connectivity index (χ3n) is 4.46. The molecule has 0 bridgehead atoms. The molecule has 0 unspecified atom stereocenters. The molecule has 2 saturated carbocycles. The van der Waals surface area contributed by atoms with E-state index in [2.05, 4.69) is 17.2 Å². The summed E-state index contributed by atoms with van der Waals surface area (Å²) in [6.07, 6.45) is 8.86. The summed E-state index contributed by atoms with van der Waals surface area (Å²) in [6, 6.07) is 0.495. The number of nitrogens with zero attached hydrogens (tertiary/aromatic N) is 1. The van der Waals surface area contributed by atoms with E-state index in [1.165, 1.54) is 25.7 Å². The molecule has 0 atom stereocenters. The van der Waals surface area contributed by atoms with Crippen molar-refractivity contribution in [2.24, 2.45) is 16.6 Å². The van der Waals surface area contributed by atoms with Crippen LogP contribution in [0, 0.1) is 5.92 Å². The van der Waals surface area contributed by atoms with Gasteiger partial charge in [0.15, 0.2) is 5.96 Å². The van der Waals surface area contributed by atoms with Crippen molar-refractivity contribution in [1.29, 1.82) is 0 Å². The number of hydrogen-bond donors (Lipinski definition) is 3. The zero-order valence-corrected chi connectivity index (χ0v) is 11.5. The number of nitrogens with one attached hydrogen (secondary N) is 1. The van der Waals surface area contributed by atoms with Crippen LogP contribution >= 0.6 is 0 Å². The Morgan fingerprint density at radius 2 is 1.89 bits per heavy atom. The van der Waals surface area contributed by atoms with Crippen molar-refractivity contribution in [3.05, 3.63) is 0 Å². The first-order chi connectivity index (χ1) is 8.57. The third-order valence-corrected chi connectivity index (χ3v) is 4.46. The molecule has 0 saturated heterocycles. The van der Waals surface area contributed by atoms with Crippen molar-refractivity contribution < 1.29 is 5.11 Å². The Morgan fingerprint density at radius 1 is 1.28 bits per heavy atom. The summed E-state index contributed by atoms with van der Waals surface area (Å²) in [4.78, 5) is 4.34. The molecular weight excluding hydrogens is 226 g/mol. The van der Waals surface area contributed by atoms with Crippen LogP contribution in [0.1, 0.15) is 58.3 Å². The van der Waals surface area contributed by atoms with Gasteiger partial charge < -0.3 is 16.2 Å². The quantitative estimate of drug-likeness (QED) is 0.530. The molecule has 4 nitrogen and oxygen atoms in total. The average Bonchev–Trinajstić information content (AvgIpc) is 2.84. The largest absolute Gasteiger partial charge is 0.388 e. The van der Waals surface area contributed by atoms with E-state index in [9.17, 15) is 5.11 Å². The predicted octanol–water partition coefficient (Wildman–Crippen LogP) is 1.77. The molecular formula is C14H27N3O. The molecule has 0 spiro atoms. The van der Waals surface area contributed by atoms with Gasteiger partial charge in [-0.3, -0.25) is 4.99 Å². The fourth-order valence-corrected chi connectivity index (χ4v) is 3.01. The second kappa shape index (κ2) is 5.91. The number of rotatable bonds is 3. The minimum Gasteiger partial charge on any atom is -0.388 e. The van der Waals surface area contributed by atoms with Gasteiger partial charge >= 0.3 is 0 Å². The Balaban J connectivity index is 1.77. The maximum absolute atomic E-state index is 10.4. The second-order valence-corrected chi connectivity index (χ2v) is 6.23. The van der Waals surface area contributed by atoms with Gasteiger partial charge in [0.05, 0.1) is 12.1 Å². The van der Waals surface area contributed by atoms with Gasteiger partial charge in [0.25, 0.3) is 0 Å². The van der Waals surface area contributed by atoms with E-state index in [1.807, 2.05) is 0 Å². The molecule has 104 valence electrons. The molecule has 4 heteroatoms. The van der Waals surface area contributed by atoms with Crippen LogP contribution in [0.15, 0.2) is 4.99 Å². The molecule has 2 aliphatic rings. The molecule has 0 aliphatic heterocycles. The Bertz CT molecular complexity index is 289. The zero-order valence-electron chi connectivity index (χ0n) is 11.5. The van der Waals surface area contributed by atoms with Gasteiger partial charge in [-0.2, -0.15) is 0 Å². The highest BCUT2D eigenvalue weighted by molar-refractivity contribution is 5.78. The third kappa shape index (κ3) is 3.87. The number of guanidine groups is 1. The van der Waals surface area contributed by atoms with Crippen LogP contribution in [0.3, 0.4) is 0 Å². The van der Waals surface area contributed by atoms with Crippen molar-refractivity contribution in [2.75, 3.05) is 6.54 Å². The molecule has 0 heterocycles. The van der Waals surface area contributed by atoms with Crippen molar-refractivity contribution in [3.63, 3.8) is 0 Å². The Kier molecular flexibility index (Phi) is 4.49. The Morgan fingerprint density at radius 3 is 2.50 bits per heavy atom. The first kappa shape index (κ1) is 13.7. The van der Waals surface area contributed by atoms with E-state index in [0.717, 1.165) is 31.6 Å². The van der Waals surface area contributed by atoms with E-state index in [-0.39, 0.29) is 0 Å². The molecule has 0 aromatic rings. The molecule has 0 aromatic carbocycles. The van der Waals surface area contributed by atoms with Gasteiger partial charge in [-0.15, -0.1) is 0 Å². The summed E-state index contributed by atoms with van der Waals surface area (Å²) < 4.78 is 0. The van der Waals surface area contributed by atoms with Crippen LogP contribution in [0.2, 0.25) is 0 Å². The molecule has 2 fully saturated rings. The smallest absolute Gasteiger partial charge is 0.188 e. The fourth-order valence-electron chi connectivity index (χ4n) is 3.01. The minimum absolute atomic E-state index is 0.450. The van der Waals surface area contributed by atoms with Crippen molar-refractivity contribution in [1.82, 2.24) is 5.32 Å². The second-order valence-electron chi connectivity index (χ2n) is 6.23. The lowest BCUT2D eigenvalue weighted by Gasteiger charge is -2.33. The number of aliphatic hydroxyl groups is 1. The van der Waals surface area contributed by atoms with Gasteiger partial charge in [0.1, 0.15) is 0 Å². The van der Waals surface area contributed by atoms with Crippen molar-refractivity contribution in [3.8, 4) is 0 Å². The summed E-state index contributed by atoms with van der Waals surface area (Å²) in [7, 11) is 0. The van der Waals surface area contributed by atoms with E-state index >= 15 is 0 Å². The average molecular weight is 253 g/mol. The molecule has 0 aromatic heterocycles. The van der Waals surface area contributed by atoms with Gasteiger partial charge in [-0.1, -0.05) is 19.8 Å². The number of aliphatic imine (C=N–C) groups is 1. The highest BCUT2D eigenvalue weighted by Gasteiger charge is 2.31. The maximum atomic E-state index is 10.4. The zero-order chi connectivity index (χ0) is 13.0. The maximum Gasteiger partial charge on any atom is 0.188 e. The molecule has 2 aliphatic carbocycles. The van der Waals surface area contributed by atoms with Crippen LogP contribution in [0.5, 0.6) is 0 Å². The fraction of sp³-hybridized carbons (Fsp3) is 0.929. The van der Waals surface area contributed by atoms with Crippen LogP contribution in [0.4, 0.5) is 0 Å². The summed E-state index contributed by atoms with van der Waals surface area (Å²) in [5.41, 5.74) is 5.27. The predicted molar refractivity (Wildman–Crippen MR) is 74.5 cm³/mol. The first-order valence-corrected chi connectivity index (χ1v) is 7.36. The highest BCUT2D eigenvalue weighted by Crippen LogP contribution is 2.31. The standard InChI is InChI=1S/C14H27N3O/c1-11-6-8-14(18,9-7-11)10-16-13(15)17-12-4-2-3-5-12/h11-12,18H,2-10H2,1H3,(H3,15,16,17). The monoisotopic (exact) mass is 253 g/mol. The lowest BCUT2D eigenvalue weighted by molar-refractivity contribution is 0.00166. The minimum atomic E-state index is -0.617. The summed E-state index contributed by atoms with van der Waals surface area (Å²) >= 11 is 0. The molecule has 0 amide bonds. The first-order valence-electron chi connectivity index (χ1n) is 7.36. The van der Waals surface area contributed by atoms with Gasteiger partial charge in [0.2, 0.25) is 0 Å². The van der Waals surface area contributed by atoms with E-state index < -0.39 is 5.60 Å². The van der Waals surface area contributed by atoms with Gasteiger partial charge in [-0.25, -0.2) is 0 Å². The van der Waals surface area contributed by atoms with E-state index in [0.29, 0.717) is 18.5 Å². The van der Waals surface area contributed by atoms with Crippen LogP contribution < -0.4 is 11.1 Å². The highest BCUT2D eigenvalue weighted by atomic mass is 16.3. The van der Waals surface area contributed by atoms with Crippen molar-refractivity contribution >= 4 is 5.96 Å². The molecule has 0 radical (unpaired) electrons. The Labute approximate surface area is 110 Å². The lowest BCUT2D eigenvalue weighted by Crippen LogP contribution is -2.41. The van der Waals surface area contributed by atoms with Gasteiger partial charge in [0, 0.05) is 6.04 Å². The Hall–Kier alpha value is -0.770. The van der Waals surface area contributed by atoms with Crippen molar-refractivity contribution in [2.45, 2.75) is 69.9 Å². The summed E-state index contributed by atoms with van der Waals surface area (Å²) in [6.45, 7) is 2.70.